The molecule has 1 unspecified atom stereocenters. The molecule has 0 fully saturated rings. The molecule has 0 aliphatic heterocycles. The average molecular weight is 468 g/mol. The number of esters is 1. The van der Waals surface area contributed by atoms with Gasteiger partial charge in [0.1, 0.15) is 18.2 Å². The van der Waals surface area contributed by atoms with Gasteiger partial charge < -0.3 is 19.9 Å². The van der Waals surface area contributed by atoms with Crippen LogP contribution in [0.5, 0.6) is 0 Å². The number of hydrogen-bond donors (Lipinski definition) is 2. The highest BCUT2D eigenvalue weighted by atomic mass is 16.6. The number of aliphatic carboxylic acids is 1. The standard InChI is InChI=1S/C27H33NO6/c1-27(2,3)34-24(29)16-6-4-5-15-23(25(30)31)28-26(32)33-17-22-20-13-9-7-11-18(20)19-12-8-10-14-21(19)22/h7-14,22-23H,4-6,15-17H2,1-3H3,(H,28,32)(H,30,31). The lowest BCUT2D eigenvalue weighted by atomic mass is 9.98. The van der Waals surface area contributed by atoms with Crippen molar-refractivity contribution in [2.24, 2.45) is 0 Å². The monoisotopic (exact) mass is 467 g/mol. The summed E-state index contributed by atoms with van der Waals surface area (Å²) in [7, 11) is 0. The topological polar surface area (TPSA) is 102 Å². The Labute approximate surface area is 200 Å². The third-order valence-electron chi connectivity index (χ3n) is 5.73. The Kier molecular flexibility index (Phi) is 8.31. The molecule has 182 valence electrons. The van der Waals surface area contributed by atoms with Gasteiger partial charge in [-0.25, -0.2) is 9.59 Å². The summed E-state index contributed by atoms with van der Waals surface area (Å²) in [5.74, 6) is -1.46. The van der Waals surface area contributed by atoms with Crippen molar-refractivity contribution in [2.45, 2.75) is 70.4 Å². The molecule has 1 amide bonds. The fourth-order valence-corrected chi connectivity index (χ4v) is 4.23. The molecule has 0 saturated heterocycles. The number of hydrogen-bond acceptors (Lipinski definition) is 5. The third-order valence-corrected chi connectivity index (χ3v) is 5.73. The molecule has 2 aromatic carbocycles. The van der Waals surface area contributed by atoms with Crippen LogP contribution in [0, 0.1) is 0 Å². The predicted molar refractivity (Wildman–Crippen MR) is 129 cm³/mol. The molecule has 0 heterocycles. The van der Waals surface area contributed by atoms with Gasteiger partial charge in [-0.1, -0.05) is 61.4 Å². The number of fused-ring (bicyclic) bond motifs is 3. The van der Waals surface area contributed by atoms with E-state index in [9.17, 15) is 19.5 Å². The number of carbonyl (C=O) groups is 3. The van der Waals surface area contributed by atoms with E-state index in [1.54, 1.807) is 0 Å². The molecule has 2 N–H and O–H groups in total. The number of carboxylic acid groups (broad SMARTS) is 1. The van der Waals surface area contributed by atoms with Crippen LogP contribution in [0.1, 0.15) is 69.9 Å². The summed E-state index contributed by atoms with van der Waals surface area (Å²) in [5.41, 5.74) is 3.93. The Morgan fingerprint density at radius 1 is 0.941 bits per heavy atom. The number of rotatable bonds is 10. The van der Waals surface area contributed by atoms with Crippen LogP contribution in [0.4, 0.5) is 4.79 Å². The van der Waals surface area contributed by atoms with Crippen LogP contribution >= 0.6 is 0 Å². The summed E-state index contributed by atoms with van der Waals surface area (Å²) in [4.78, 5) is 35.8. The third kappa shape index (κ3) is 6.83. The highest BCUT2D eigenvalue weighted by molar-refractivity contribution is 5.81. The van der Waals surface area contributed by atoms with Crippen LogP contribution in [0.2, 0.25) is 0 Å². The molecule has 1 aliphatic carbocycles. The maximum absolute atomic E-state index is 12.4. The van der Waals surface area contributed by atoms with Crippen molar-refractivity contribution in [3.8, 4) is 11.1 Å². The Balaban J connectivity index is 1.46. The molecule has 1 aliphatic rings. The molecule has 0 bridgehead atoms. The quantitative estimate of drug-likeness (QED) is 0.365. The van der Waals surface area contributed by atoms with Crippen molar-refractivity contribution in [2.75, 3.05) is 6.61 Å². The van der Waals surface area contributed by atoms with Crippen LogP contribution in [-0.2, 0) is 19.1 Å². The van der Waals surface area contributed by atoms with E-state index in [4.69, 9.17) is 9.47 Å². The van der Waals surface area contributed by atoms with Crippen LogP contribution in [0.15, 0.2) is 48.5 Å². The average Bonchev–Trinajstić information content (AvgIpc) is 3.09. The number of unbranched alkanes of at least 4 members (excludes halogenated alkanes) is 2. The summed E-state index contributed by atoms with van der Waals surface area (Å²) in [5, 5.41) is 12.0. The fraction of sp³-hybridized carbons (Fsp3) is 0.444. The van der Waals surface area contributed by atoms with E-state index in [1.165, 1.54) is 0 Å². The molecule has 7 heteroatoms. The number of nitrogens with one attached hydrogen (secondary N) is 1. The van der Waals surface area contributed by atoms with Gasteiger partial charge >= 0.3 is 18.0 Å². The Morgan fingerprint density at radius 2 is 1.53 bits per heavy atom. The van der Waals surface area contributed by atoms with E-state index in [0.29, 0.717) is 19.3 Å². The fourth-order valence-electron chi connectivity index (χ4n) is 4.23. The first-order valence-corrected chi connectivity index (χ1v) is 11.7. The lowest BCUT2D eigenvalue weighted by Gasteiger charge is -2.19. The lowest BCUT2D eigenvalue weighted by Crippen LogP contribution is -2.41. The van der Waals surface area contributed by atoms with Gasteiger partial charge in [0.25, 0.3) is 0 Å². The lowest BCUT2D eigenvalue weighted by molar-refractivity contribution is -0.155. The molecule has 1 atom stereocenters. The van der Waals surface area contributed by atoms with Gasteiger partial charge in [-0.3, -0.25) is 4.79 Å². The number of alkyl carbamates (subject to hydrolysis) is 1. The molecule has 7 nitrogen and oxygen atoms in total. The SMILES string of the molecule is CC(C)(C)OC(=O)CCCCCC(NC(=O)OCC1c2ccccc2-c2ccccc21)C(=O)O. The number of carboxylic acids is 1. The summed E-state index contributed by atoms with van der Waals surface area (Å²) in [6, 6.07) is 15.0. The minimum absolute atomic E-state index is 0.0886. The van der Waals surface area contributed by atoms with Gasteiger partial charge in [0.2, 0.25) is 0 Å². The van der Waals surface area contributed by atoms with E-state index in [1.807, 2.05) is 57.2 Å². The zero-order valence-electron chi connectivity index (χ0n) is 20.0. The van der Waals surface area contributed by atoms with Crippen LogP contribution in [0.3, 0.4) is 0 Å². The van der Waals surface area contributed by atoms with Gasteiger partial charge in [-0.05, 0) is 55.9 Å². The second-order valence-corrected chi connectivity index (χ2v) is 9.55. The largest absolute Gasteiger partial charge is 0.480 e. The van der Waals surface area contributed by atoms with Gasteiger partial charge in [-0.15, -0.1) is 0 Å². The predicted octanol–water partition coefficient (Wildman–Crippen LogP) is 5.27. The van der Waals surface area contributed by atoms with Crippen molar-refractivity contribution < 1.29 is 29.0 Å². The minimum atomic E-state index is -1.11. The molecule has 3 rings (SSSR count). The summed E-state index contributed by atoms with van der Waals surface area (Å²) >= 11 is 0. The van der Waals surface area contributed by atoms with Crippen molar-refractivity contribution in [3.63, 3.8) is 0 Å². The van der Waals surface area contributed by atoms with Gasteiger partial charge in [0, 0.05) is 12.3 Å². The zero-order chi connectivity index (χ0) is 24.7. The van der Waals surface area contributed by atoms with Gasteiger partial charge in [0.05, 0.1) is 0 Å². The summed E-state index contributed by atoms with van der Waals surface area (Å²) in [6.07, 6.45) is 1.62. The number of carbonyl (C=O) groups excluding carboxylic acids is 2. The van der Waals surface area contributed by atoms with Crippen molar-refractivity contribution in [1.29, 1.82) is 0 Å². The maximum Gasteiger partial charge on any atom is 0.407 e. The minimum Gasteiger partial charge on any atom is -0.480 e. The highest BCUT2D eigenvalue weighted by Gasteiger charge is 2.29. The molecular formula is C27H33NO6. The molecule has 34 heavy (non-hydrogen) atoms. The second-order valence-electron chi connectivity index (χ2n) is 9.55. The van der Waals surface area contributed by atoms with E-state index < -0.39 is 23.7 Å². The summed E-state index contributed by atoms with van der Waals surface area (Å²) in [6.45, 7) is 5.58. The first kappa shape index (κ1) is 25.3. The zero-order valence-corrected chi connectivity index (χ0v) is 20.0. The molecule has 0 radical (unpaired) electrons. The van der Waals surface area contributed by atoms with E-state index >= 15 is 0 Å². The Bertz CT molecular complexity index is 980. The molecule has 2 aromatic rings. The molecule has 0 saturated carbocycles. The Morgan fingerprint density at radius 3 is 2.09 bits per heavy atom. The first-order chi connectivity index (χ1) is 16.2. The van der Waals surface area contributed by atoms with Crippen LogP contribution in [-0.4, -0.2) is 41.4 Å². The van der Waals surface area contributed by atoms with E-state index in [2.05, 4.69) is 17.4 Å². The Hall–Kier alpha value is -3.35. The molecule has 0 spiro atoms. The second kappa shape index (κ2) is 11.2. The maximum atomic E-state index is 12.4. The van der Waals surface area contributed by atoms with Crippen LogP contribution < -0.4 is 5.32 Å². The normalized spacial score (nSPS) is 13.5. The number of ether oxygens (including phenoxy) is 2. The van der Waals surface area contributed by atoms with Gasteiger partial charge in [-0.2, -0.15) is 0 Å². The first-order valence-electron chi connectivity index (χ1n) is 11.7. The number of amides is 1. The van der Waals surface area contributed by atoms with Crippen molar-refractivity contribution >= 4 is 18.0 Å². The van der Waals surface area contributed by atoms with E-state index in [0.717, 1.165) is 22.3 Å². The van der Waals surface area contributed by atoms with Crippen molar-refractivity contribution in [3.05, 3.63) is 59.7 Å². The summed E-state index contributed by atoms with van der Waals surface area (Å²) < 4.78 is 10.7. The highest BCUT2D eigenvalue weighted by Crippen LogP contribution is 2.44. The van der Waals surface area contributed by atoms with Crippen LogP contribution in [0.25, 0.3) is 11.1 Å². The number of benzene rings is 2. The van der Waals surface area contributed by atoms with Gasteiger partial charge in [0.15, 0.2) is 0 Å². The molecule has 0 aromatic heterocycles. The molecular weight excluding hydrogens is 434 g/mol. The van der Waals surface area contributed by atoms with E-state index in [-0.39, 0.29) is 31.3 Å². The van der Waals surface area contributed by atoms with Crippen molar-refractivity contribution in [1.82, 2.24) is 5.32 Å². The smallest absolute Gasteiger partial charge is 0.407 e.